The number of nitrogens with one attached hydrogen (secondary N) is 1. The topological polar surface area (TPSA) is 123 Å². The Morgan fingerprint density at radius 1 is 1.06 bits per heavy atom. The zero-order chi connectivity index (χ0) is 22.7. The maximum Gasteiger partial charge on any atom is 0.271 e. The Morgan fingerprint density at radius 3 is 2.41 bits per heavy atom. The van der Waals surface area contributed by atoms with Crippen LogP contribution < -0.4 is 11.1 Å². The van der Waals surface area contributed by atoms with Crippen LogP contribution in [0.3, 0.4) is 0 Å². The molecule has 1 aliphatic heterocycles. The third kappa shape index (κ3) is 4.37. The van der Waals surface area contributed by atoms with Crippen molar-refractivity contribution in [2.45, 2.75) is 0 Å². The number of hydrogen-bond donors (Lipinski definition) is 2. The van der Waals surface area contributed by atoms with Crippen LogP contribution in [0, 0.1) is 11.6 Å². The molecular weight excluding hydrogens is 422 g/mol. The second kappa shape index (κ2) is 9.02. The van der Waals surface area contributed by atoms with Crippen molar-refractivity contribution in [3.8, 4) is 11.3 Å². The largest absolute Gasteiger partial charge is 0.378 e. The molecule has 3 heterocycles. The molecule has 0 bridgehead atoms. The fraction of sp³-hybridized carbons (Fsp3) is 0.190. The van der Waals surface area contributed by atoms with E-state index in [2.05, 4.69) is 20.5 Å². The van der Waals surface area contributed by atoms with Crippen molar-refractivity contribution >= 4 is 23.3 Å². The Morgan fingerprint density at radius 2 is 1.78 bits per heavy atom. The summed E-state index contributed by atoms with van der Waals surface area (Å²) >= 11 is 0. The number of rotatable bonds is 5. The summed E-state index contributed by atoms with van der Waals surface area (Å²) in [6.07, 6.45) is 1.39. The quantitative estimate of drug-likeness (QED) is 0.623. The highest BCUT2D eigenvalue weighted by atomic mass is 19.1. The molecule has 2 amide bonds. The molecule has 0 atom stereocenters. The van der Waals surface area contributed by atoms with Crippen molar-refractivity contribution in [3.63, 3.8) is 0 Å². The minimum atomic E-state index is -0.889. The molecule has 0 unspecified atom stereocenters. The van der Waals surface area contributed by atoms with Gasteiger partial charge in [-0.05, 0) is 30.3 Å². The molecule has 0 aliphatic carbocycles. The Balaban J connectivity index is 1.61. The molecule has 0 saturated carbocycles. The highest BCUT2D eigenvalue weighted by Crippen LogP contribution is 2.28. The second-order valence-corrected chi connectivity index (χ2v) is 6.91. The number of nitrogens with two attached hydrogens (primary N) is 1. The van der Waals surface area contributed by atoms with E-state index in [1.165, 1.54) is 24.4 Å². The lowest BCUT2D eigenvalue weighted by atomic mass is 10.1. The second-order valence-electron chi connectivity index (χ2n) is 6.91. The van der Waals surface area contributed by atoms with Crippen molar-refractivity contribution in [1.29, 1.82) is 0 Å². The van der Waals surface area contributed by atoms with Gasteiger partial charge in [0.1, 0.15) is 23.1 Å². The maximum atomic E-state index is 14.2. The van der Waals surface area contributed by atoms with Crippen molar-refractivity contribution < 1.29 is 23.1 Å². The van der Waals surface area contributed by atoms with Crippen molar-refractivity contribution in [1.82, 2.24) is 20.1 Å². The predicted molar refractivity (Wildman–Crippen MR) is 110 cm³/mol. The van der Waals surface area contributed by atoms with Crippen molar-refractivity contribution in [2.75, 3.05) is 31.6 Å². The lowest BCUT2D eigenvalue weighted by Crippen LogP contribution is -2.40. The van der Waals surface area contributed by atoms with Gasteiger partial charge in [-0.25, -0.2) is 13.8 Å². The number of aromatic nitrogens is 3. The van der Waals surface area contributed by atoms with Crippen LogP contribution in [0.4, 0.5) is 20.3 Å². The number of halogens is 2. The van der Waals surface area contributed by atoms with E-state index in [0.29, 0.717) is 31.9 Å². The van der Waals surface area contributed by atoms with Gasteiger partial charge >= 0.3 is 0 Å². The van der Waals surface area contributed by atoms with Gasteiger partial charge in [-0.2, -0.15) is 0 Å². The molecule has 9 nitrogen and oxygen atoms in total. The Kier molecular flexibility index (Phi) is 5.99. The van der Waals surface area contributed by atoms with Gasteiger partial charge in [-0.1, -0.05) is 6.07 Å². The Hall–Kier alpha value is -3.99. The van der Waals surface area contributed by atoms with Gasteiger partial charge in [-0.15, -0.1) is 10.2 Å². The molecule has 0 radical (unpaired) electrons. The fourth-order valence-electron chi connectivity index (χ4n) is 3.21. The molecular formula is C21H18F2N6O3. The first-order valence-corrected chi connectivity index (χ1v) is 9.66. The van der Waals surface area contributed by atoms with E-state index in [-0.39, 0.29) is 28.8 Å². The Labute approximate surface area is 181 Å². The normalized spacial score (nSPS) is 13.6. The smallest absolute Gasteiger partial charge is 0.271 e. The number of primary amides is 1. The first-order valence-electron chi connectivity index (χ1n) is 9.66. The summed E-state index contributed by atoms with van der Waals surface area (Å²) in [5.41, 5.74) is 5.04. The van der Waals surface area contributed by atoms with Crippen molar-refractivity contribution in [3.05, 3.63) is 65.5 Å². The van der Waals surface area contributed by atoms with E-state index in [0.717, 1.165) is 12.1 Å². The van der Waals surface area contributed by atoms with Gasteiger partial charge in [0.2, 0.25) is 0 Å². The highest BCUT2D eigenvalue weighted by molar-refractivity contribution is 5.97. The number of amides is 2. The van der Waals surface area contributed by atoms with E-state index in [9.17, 15) is 18.4 Å². The standard InChI is InChI=1S/C21H18F2N6O3/c22-13-2-1-3-14(23)18(13)15-10-16(19(20(24)30)28-27-15)26-17-5-4-12(11-25-17)21(31)29-6-8-32-9-7-29/h1-5,10-11H,6-9H2,(H2,24,30)(H,25,26,27). The van der Waals surface area contributed by atoms with Gasteiger partial charge in [-0.3, -0.25) is 9.59 Å². The fourth-order valence-corrected chi connectivity index (χ4v) is 3.21. The number of hydrogen-bond acceptors (Lipinski definition) is 7. The van der Waals surface area contributed by atoms with Crippen molar-refractivity contribution in [2.24, 2.45) is 5.73 Å². The molecule has 164 valence electrons. The van der Waals surface area contributed by atoms with Crippen LogP contribution >= 0.6 is 0 Å². The van der Waals surface area contributed by atoms with Crippen LogP contribution in [0.1, 0.15) is 20.8 Å². The van der Waals surface area contributed by atoms with Crippen LogP contribution in [0.5, 0.6) is 0 Å². The van der Waals surface area contributed by atoms with Gasteiger partial charge < -0.3 is 20.7 Å². The number of nitrogens with zero attached hydrogens (tertiary/aromatic N) is 4. The van der Waals surface area contributed by atoms with E-state index < -0.39 is 23.1 Å². The van der Waals surface area contributed by atoms with E-state index >= 15 is 0 Å². The van der Waals surface area contributed by atoms with E-state index in [1.807, 2.05) is 0 Å². The minimum Gasteiger partial charge on any atom is -0.378 e. The third-order valence-corrected chi connectivity index (χ3v) is 4.82. The number of carbonyl (C=O) groups is 2. The molecule has 32 heavy (non-hydrogen) atoms. The number of anilines is 2. The van der Waals surface area contributed by atoms with Gasteiger partial charge in [0, 0.05) is 19.3 Å². The number of carbonyl (C=O) groups excluding carboxylic acids is 2. The summed E-state index contributed by atoms with van der Waals surface area (Å²) in [7, 11) is 0. The summed E-state index contributed by atoms with van der Waals surface area (Å²) in [5, 5.41) is 10.3. The van der Waals surface area contributed by atoms with E-state index in [4.69, 9.17) is 10.5 Å². The summed E-state index contributed by atoms with van der Waals surface area (Å²) in [4.78, 5) is 30.2. The summed E-state index contributed by atoms with van der Waals surface area (Å²) < 4.78 is 33.5. The lowest BCUT2D eigenvalue weighted by Gasteiger charge is -2.26. The van der Waals surface area contributed by atoms with Gasteiger partial charge in [0.15, 0.2) is 5.69 Å². The molecule has 1 fully saturated rings. The van der Waals surface area contributed by atoms with Crippen LogP contribution in [-0.2, 0) is 4.74 Å². The first kappa shape index (κ1) is 21.2. The molecule has 1 saturated heterocycles. The van der Waals surface area contributed by atoms with Crippen LogP contribution in [0.15, 0.2) is 42.6 Å². The molecule has 1 aliphatic rings. The Bertz CT molecular complexity index is 1150. The number of ether oxygens (including phenoxy) is 1. The monoisotopic (exact) mass is 440 g/mol. The average Bonchev–Trinajstić information content (AvgIpc) is 2.79. The summed E-state index contributed by atoms with van der Waals surface area (Å²) in [6.45, 7) is 1.96. The maximum absolute atomic E-state index is 14.2. The first-order chi connectivity index (χ1) is 15.4. The van der Waals surface area contributed by atoms with Gasteiger partial charge in [0.25, 0.3) is 11.8 Å². The van der Waals surface area contributed by atoms with Crippen LogP contribution in [0.25, 0.3) is 11.3 Å². The average molecular weight is 440 g/mol. The lowest BCUT2D eigenvalue weighted by molar-refractivity contribution is 0.0302. The molecule has 0 spiro atoms. The zero-order valence-electron chi connectivity index (χ0n) is 16.7. The molecule has 4 rings (SSSR count). The SMILES string of the molecule is NC(=O)c1nnc(-c2c(F)cccc2F)cc1Nc1ccc(C(=O)N2CCOCC2)cn1. The molecule has 3 aromatic rings. The number of morpholine rings is 1. The summed E-state index contributed by atoms with van der Waals surface area (Å²) in [6, 6.07) is 7.75. The molecule has 11 heteroatoms. The summed E-state index contributed by atoms with van der Waals surface area (Å²) in [5.74, 6) is -2.46. The zero-order valence-corrected chi connectivity index (χ0v) is 16.7. The molecule has 1 aromatic carbocycles. The van der Waals surface area contributed by atoms with Crippen LogP contribution in [0.2, 0.25) is 0 Å². The predicted octanol–water partition coefficient (Wildman–Crippen LogP) is 2.13. The number of benzene rings is 1. The van der Waals surface area contributed by atoms with Gasteiger partial charge in [0.05, 0.1) is 30.0 Å². The van der Waals surface area contributed by atoms with E-state index in [1.54, 1.807) is 11.0 Å². The minimum absolute atomic E-state index is 0.0601. The molecule has 2 aromatic heterocycles. The van der Waals surface area contributed by atoms with Crippen LogP contribution in [-0.4, -0.2) is 58.2 Å². The third-order valence-electron chi connectivity index (χ3n) is 4.82. The number of pyridine rings is 1. The molecule has 3 N–H and O–H groups in total. The highest BCUT2D eigenvalue weighted by Gasteiger charge is 2.20.